The van der Waals surface area contributed by atoms with Crippen LogP contribution < -0.4 is 4.74 Å². The number of hydrogen-bond acceptors (Lipinski definition) is 5. The molecule has 1 aliphatic rings. The van der Waals surface area contributed by atoms with Gasteiger partial charge in [0.1, 0.15) is 24.6 Å². The number of halogens is 1. The third kappa shape index (κ3) is 6.60. The molecule has 4 rings (SSSR count). The topological polar surface area (TPSA) is 54.3 Å². The smallest absolute Gasteiger partial charge is 0.145 e. The van der Waals surface area contributed by atoms with Crippen molar-refractivity contribution >= 4 is 17.3 Å². The van der Waals surface area contributed by atoms with Crippen molar-refractivity contribution in [1.29, 1.82) is 0 Å². The Morgan fingerprint density at radius 3 is 2.59 bits per heavy atom. The second-order valence-electron chi connectivity index (χ2n) is 8.84. The molecule has 1 heterocycles. The van der Waals surface area contributed by atoms with Crippen LogP contribution in [0.4, 0.5) is 0 Å². The number of para-hydroxylation sites is 1. The molecule has 3 aromatic rings. The van der Waals surface area contributed by atoms with Crippen molar-refractivity contribution in [2.24, 2.45) is 5.16 Å². The average molecular weight is 479 g/mol. The van der Waals surface area contributed by atoms with Crippen LogP contribution in [0.1, 0.15) is 28.7 Å². The van der Waals surface area contributed by atoms with Gasteiger partial charge in [0.2, 0.25) is 0 Å². The van der Waals surface area contributed by atoms with Gasteiger partial charge in [0.05, 0.1) is 5.71 Å². The second kappa shape index (κ2) is 11.5. The number of aryl methyl sites for hydroxylation is 2. The third-order valence-electron chi connectivity index (χ3n) is 5.94. The SMILES string of the molecule is Cc1ccccc1OC[C@@H](O)CN(Cc1cccc(Cl)c1)C[C@@H]1CC(c2ccccc2C)=NO1. The standard InChI is InChI=1S/C28H31ClN2O3/c1-20-8-3-5-12-26(20)27-15-25(34-30-27)18-31(16-22-10-7-11-23(29)14-22)17-24(32)19-33-28-13-6-4-9-21(28)2/h3-14,24-25,32H,15-19H2,1-2H3/t24-,25-/m0/s1. The lowest BCUT2D eigenvalue weighted by molar-refractivity contribution is 0.0212. The molecule has 1 aliphatic heterocycles. The summed E-state index contributed by atoms with van der Waals surface area (Å²) in [6.45, 7) is 6.01. The fourth-order valence-corrected chi connectivity index (χ4v) is 4.44. The molecule has 0 spiro atoms. The molecular formula is C28H31ClN2O3. The first-order chi connectivity index (χ1) is 16.5. The first-order valence-electron chi connectivity index (χ1n) is 11.6. The molecule has 34 heavy (non-hydrogen) atoms. The van der Waals surface area contributed by atoms with E-state index in [2.05, 4.69) is 29.1 Å². The van der Waals surface area contributed by atoms with Gasteiger partial charge in [0, 0.05) is 36.6 Å². The fraction of sp³-hybridized carbons (Fsp3) is 0.321. The van der Waals surface area contributed by atoms with Gasteiger partial charge in [-0.05, 0) is 48.7 Å². The van der Waals surface area contributed by atoms with Crippen molar-refractivity contribution < 1.29 is 14.7 Å². The van der Waals surface area contributed by atoms with E-state index in [1.54, 1.807) is 0 Å². The van der Waals surface area contributed by atoms with Gasteiger partial charge < -0.3 is 14.7 Å². The van der Waals surface area contributed by atoms with Crippen LogP contribution in [0.15, 0.2) is 78.0 Å². The van der Waals surface area contributed by atoms with Gasteiger partial charge in [-0.15, -0.1) is 0 Å². The van der Waals surface area contributed by atoms with Crippen LogP contribution in [0.25, 0.3) is 0 Å². The van der Waals surface area contributed by atoms with Crippen molar-refractivity contribution in [2.75, 3.05) is 19.7 Å². The lowest BCUT2D eigenvalue weighted by atomic mass is 10.00. The first-order valence-corrected chi connectivity index (χ1v) is 12.0. The van der Waals surface area contributed by atoms with Gasteiger partial charge in [-0.1, -0.05) is 71.4 Å². The molecule has 5 nitrogen and oxygen atoms in total. The quantitative estimate of drug-likeness (QED) is 0.424. The third-order valence-corrected chi connectivity index (χ3v) is 6.17. The normalized spacial score (nSPS) is 16.3. The number of aliphatic hydroxyl groups is 1. The van der Waals surface area contributed by atoms with Gasteiger partial charge >= 0.3 is 0 Å². The van der Waals surface area contributed by atoms with E-state index in [4.69, 9.17) is 21.2 Å². The number of ether oxygens (including phenoxy) is 1. The summed E-state index contributed by atoms with van der Waals surface area (Å²) in [7, 11) is 0. The van der Waals surface area contributed by atoms with Gasteiger partial charge in [-0.3, -0.25) is 4.90 Å². The van der Waals surface area contributed by atoms with Crippen molar-refractivity contribution in [2.45, 2.75) is 39.0 Å². The number of rotatable bonds is 10. The molecule has 6 heteroatoms. The fourth-order valence-electron chi connectivity index (χ4n) is 4.22. The molecule has 0 fully saturated rings. The van der Waals surface area contributed by atoms with Crippen molar-refractivity contribution in [3.63, 3.8) is 0 Å². The van der Waals surface area contributed by atoms with Gasteiger partial charge in [-0.25, -0.2) is 0 Å². The van der Waals surface area contributed by atoms with E-state index < -0.39 is 6.10 Å². The number of benzene rings is 3. The van der Waals surface area contributed by atoms with Gasteiger partial charge in [-0.2, -0.15) is 0 Å². The Morgan fingerprint density at radius 1 is 1.06 bits per heavy atom. The van der Waals surface area contributed by atoms with E-state index in [0.29, 0.717) is 24.7 Å². The lowest BCUT2D eigenvalue weighted by Crippen LogP contribution is -2.39. The van der Waals surface area contributed by atoms with E-state index in [-0.39, 0.29) is 12.7 Å². The van der Waals surface area contributed by atoms with Crippen molar-refractivity contribution in [3.8, 4) is 5.75 Å². The largest absolute Gasteiger partial charge is 0.491 e. The highest BCUT2D eigenvalue weighted by molar-refractivity contribution is 6.30. The molecule has 0 unspecified atom stereocenters. The summed E-state index contributed by atoms with van der Waals surface area (Å²) in [6.07, 6.45) is -0.0117. The van der Waals surface area contributed by atoms with Gasteiger partial charge in [0.15, 0.2) is 0 Å². The summed E-state index contributed by atoms with van der Waals surface area (Å²) >= 11 is 6.21. The Bertz CT molecular complexity index is 1130. The summed E-state index contributed by atoms with van der Waals surface area (Å²) in [4.78, 5) is 7.98. The molecule has 0 saturated heterocycles. The molecule has 0 radical (unpaired) electrons. The Kier molecular flexibility index (Phi) is 8.22. The number of nitrogens with zero attached hydrogens (tertiary/aromatic N) is 2. The van der Waals surface area contributed by atoms with E-state index in [9.17, 15) is 5.11 Å². The zero-order valence-electron chi connectivity index (χ0n) is 19.7. The van der Waals surface area contributed by atoms with E-state index >= 15 is 0 Å². The average Bonchev–Trinajstić information content (AvgIpc) is 3.27. The van der Waals surface area contributed by atoms with Crippen LogP contribution in [0.2, 0.25) is 5.02 Å². The highest BCUT2D eigenvalue weighted by Crippen LogP contribution is 2.22. The minimum Gasteiger partial charge on any atom is -0.491 e. The lowest BCUT2D eigenvalue weighted by Gasteiger charge is -2.27. The Morgan fingerprint density at radius 2 is 1.82 bits per heavy atom. The van der Waals surface area contributed by atoms with Crippen LogP contribution in [0.5, 0.6) is 5.75 Å². The van der Waals surface area contributed by atoms with Crippen molar-refractivity contribution in [1.82, 2.24) is 4.90 Å². The summed E-state index contributed by atoms with van der Waals surface area (Å²) in [5, 5.41) is 15.8. The second-order valence-corrected chi connectivity index (χ2v) is 9.28. The Labute approximate surface area is 206 Å². The summed E-state index contributed by atoms with van der Waals surface area (Å²) in [6, 6.07) is 23.8. The number of aliphatic hydroxyl groups excluding tert-OH is 1. The van der Waals surface area contributed by atoms with E-state index in [0.717, 1.165) is 34.6 Å². The first kappa shape index (κ1) is 24.3. The van der Waals surface area contributed by atoms with Gasteiger partial charge in [0.25, 0.3) is 0 Å². The molecule has 2 atom stereocenters. The molecule has 0 saturated carbocycles. The zero-order chi connectivity index (χ0) is 23.9. The minimum atomic E-state index is -0.656. The van der Waals surface area contributed by atoms with Crippen LogP contribution in [-0.4, -0.2) is 47.6 Å². The molecule has 0 amide bonds. The molecule has 0 aromatic heterocycles. The summed E-state index contributed by atoms with van der Waals surface area (Å²) < 4.78 is 5.88. The molecule has 178 valence electrons. The predicted octanol–water partition coefficient (Wildman–Crippen LogP) is 5.39. The highest BCUT2D eigenvalue weighted by atomic mass is 35.5. The van der Waals surface area contributed by atoms with Crippen LogP contribution in [-0.2, 0) is 11.4 Å². The maximum Gasteiger partial charge on any atom is 0.145 e. The molecule has 0 bridgehead atoms. The Hall–Kier alpha value is -2.86. The minimum absolute atomic E-state index is 0.0849. The zero-order valence-corrected chi connectivity index (χ0v) is 20.4. The van der Waals surface area contributed by atoms with E-state index in [1.165, 1.54) is 5.56 Å². The monoisotopic (exact) mass is 478 g/mol. The Balaban J connectivity index is 1.40. The van der Waals surface area contributed by atoms with Crippen molar-refractivity contribution in [3.05, 3.63) is 100 Å². The van der Waals surface area contributed by atoms with Crippen LogP contribution >= 0.6 is 11.6 Å². The van der Waals surface area contributed by atoms with Crippen LogP contribution in [0.3, 0.4) is 0 Å². The van der Waals surface area contributed by atoms with Crippen LogP contribution in [0, 0.1) is 13.8 Å². The number of hydrogen-bond donors (Lipinski definition) is 1. The highest BCUT2D eigenvalue weighted by Gasteiger charge is 2.26. The maximum absolute atomic E-state index is 10.8. The molecule has 1 N–H and O–H groups in total. The molecule has 0 aliphatic carbocycles. The van der Waals surface area contributed by atoms with E-state index in [1.807, 2.05) is 67.6 Å². The molecular weight excluding hydrogens is 448 g/mol. The summed E-state index contributed by atoms with van der Waals surface area (Å²) in [5.74, 6) is 0.790. The predicted molar refractivity (Wildman–Crippen MR) is 137 cm³/mol. The summed E-state index contributed by atoms with van der Waals surface area (Å²) in [5.41, 5.74) is 5.40. The number of oxime groups is 1. The molecule has 3 aromatic carbocycles. The maximum atomic E-state index is 10.8.